The van der Waals surface area contributed by atoms with Gasteiger partial charge in [-0.1, -0.05) is 19.3 Å². The molecule has 1 aliphatic carbocycles. The molecule has 0 unspecified atom stereocenters. The molecule has 8 heteroatoms. The van der Waals surface area contributed by atoms with Gasteiger partial charge in [0, 0.05) is 39.0 Å². The van der Waals surface area contributed by atoms with Crippen molar-refractivity contribution in [2.45, 2.75) is 50.5 Å². The summed E-state index contributed by atoms with van der Waals surface area (Å²) in [5.41, 5.74) is -0.739. The Balaban J connectivity index is 1.56. The van der Waals surface area contributed by atoms with E-state index in [1.165, 1.54) is 4.90 Å². The maximum Gasteiger partial charge on any atom is 0.325 e. The van der Waals surface area contributed by atoms with Crippen molar-refractivity contribution in [3.8, 4) is 0 Å². The molecule has 3 fully saturated rings. The van der Waals surface area contributed by atoms with Crippen LogP contribution in [0.4, 0.5) is 4.79 Å². The zero-order valence-corrected chi connectivity index (χ0v) is 13.8. The number of nitrogens with zero attached hydrogens (tertiary/aromatic N) is 2. The predicted molar refractivity (Wildman–Crippen MR) is 84.9 cm³/mol. The van der Waals surface area contributed by atoms with Crippen LogP contribution in [-0.2, 0) is 14.4 Å². The monoisotopic (exact) mass is 336 g/mol. The van der Waals surface area contributed by atoms with Crippen molar-refractivity contribution in [3.63, 3.8) is 0 Å². The highest BCUT2D eigenvalue weighted by molar-refractivity contribution is 6.07. The maximum absolute atomic E-state index is 12.6. The molecule has 2 saturated heterocycles. The zero-order valence-electron chi connectivity index (χ0n) is 13.8. The second-order valence-corrected chi connectivity index (χ2v) is 6.76. The van der Waals surface area contributed by atoms with E-state index in [4.69, 9.17) is 0 Å². The molecule has 8 nitrogen and oxygen atoms in total. The average Bonchev–Trinajstić information content (AvgIpc) is 2.72. The number of carbonyl (C=O) groups is 4. The summed E-state index contributed by atoms with van der Waals surface area (Å²) in [6.45, 7) is 1.39. The van der Waals surface area contributed by atoms with Crippen LogP contribution in [0.1, 0.15) is 44.9 Å². The van der Waals surface area contributed by atoms with Crippen molar-refractivity contribution in [2.75, 3.05) is 26.2 Å². The fraction of sp³-hybridized carbons (Fsp3) is 0.750. The van der Waals surface area contributed by atoms with Gasteiger partial charge in [0.2, 0.25) is 11.8 Å². The Morgan fingerprint density at radius 2 is 1.83 bits per heavy atom. The highest BCUT2D eigenvalue weighted by Crippen LogP contribution is 2.33. The molecule has 24 heavy (non-hydrogen) atoms. The van der Waals surface area contributed by atoms with E-state index < -0.39 is 5.54 Å². The number of carbonyl (C=O) groups excluding carboxylic acids is 4. The molecule has 0 bridgehead atoms. The molecule has 0 atom stereocenters. The Morgan fingerprint density at radius 3 is 2.58 bits per heavy atom. The number of urea groups is 1. The molecule has 1 saturated carbocycles. The lowest BCUT2D eigenvalue weighted by molar-refractivity contribution is -0.134. The molecule has 3 aliphatic rings. The van der Waals surface area contributed by atoms with E-state index in [9.17, 15) is 19.2 Å². The first-order valence-corrected chi connectivity index (χ1v) is 8.70. The van der Waals surface area contributed by atoms with Crippen LogP contribution >= 0.6 is 0 Å². The number of amides is 5. The molecule has 2 heterocycles. The number of rotatable bonds is 3. The first-order valence-electron chi connectivity index (χ1n) is 8.70. The van der Waals surface area contributed by atoms with Gasteiger partial charge >= 0.3 is 6.03 Å². The van der Waals surface area contributed by atoms with Crippen LogP contribution < -0.4 is 10.6 Å². The smallest absolute Gasteiger partial charge is 0.325 e. The number of hydrogen-bond acceptors (Lipinski definition) is 4. The first kappa shape index (κ1) is 16.7. The summed E-state index contributed by atoms with van der Waals surface area (Å²) in [5.74, 6) is -0.372. The van der Waals surface area contributed by atoms with Crippen LogP contribution in [0.2, 0.25) is 0 Å². The molecular weight excluding hydrogens is 312 g/mol. The van der Waals surface area contributed by atoms with Crippen LogP contribution in [-0.4, -0.2) is 65.3 Å². The quantitative estimate of drug-likeness (QED) is 0.708. The fourth-order valence-corrected chi connectivity index (χ4v) is 3.76. The zero-order chi connectivity index (χ0) is 17.2. The third kappa shape index (κ3) is 3.22. The molecule has 5 amide bonds. The van der Waals surface area contributed by atoms with Crippen LogP contribution in [0.15, 0.2) is 0 Å². The van der Waals surface area contributed by atoms with Crippen LogP contribution in [0, 0.1) is 0 Å². The standard InChI is InChI=1S/C16H24N4O4/c21-12-4-9-19(11-8-17-12)13(22)5-10-20-14(23)16(18-15(20)24)6-2-1-3-7-16/h1-11H2,(H,17,21)(H,18,24). The second kappa shape index (κ2) is 6.78. The normalized spacial score (nSPS) is 23.9. The Labute approximate surface area is 140 Å². The van der Waals surface area contributed by atoms with Gasteiger partial charge in [0.25, 0.3) is 5.91 Å². The number of nitrogens with one attached hydrogen (secondary N) is 2. The summed E-state index contributed by atoms with van der Waals surface area (Å²) in [6.07, 6.45) is 4.72. The molecule has 2 N–H and O–H groups in total. The molecule has 0 aromatic heterocycles. The number of imide groups is 1. The highest BCUT2D eigenvalue weighted by atomic mass is 16.2. The van der Waals surface area contributed by atoms with Gasteiger partial charge in [0.15, 0.2) is 0 Å². The molecular formula is C16H24N4O4. The van der Waals surface area contributed by atoms with Crippen molar-refractivity contribution in [2.24, 2.45) is 0 Å². The molecule has 0 radical (unpaired) electrons. The lowest BCUT2D eigenvalue weighted by Crippen LogP contribution is -2.48. The van der Waals surface area contributed by atoms with E-state index in [0.29, 0.717) is 32.5 Å². The summed E-state index contributed by atoms with van der Waals surface area (Å²) in [7, 11) is 0. The molecule has 132 valence electrons. The summed E-state index contributed by atoms with van der Waals surface area (Å²) in [4.78, 5) is 51.2. The van der Waals surface area contributed by atoms with Gasteiger partial charge in [0.05, 0.1) is 0 Å². The molecule has 2 aliphatic heterocycles. The van der Waals surface area contributed by atoms with E-state index in [-0.39, 0.29) is 43.1 Å². The highest BCUT2D eigenvalue weighted by Gasteiger charge is 2.51. The van der Waals surface area contributed by atoms with Crippen molar-refractivity contribution in [3.05, 3.63) is 0 Å². The summed E-state index contributed by atoms with van der Waals surface area (Å²) >= 11 is 0. The first-order chi connectivity index (χ1) is 11.5. The molecule has 3 rings (SSSR count). The van der Waals surface area contributed by atoms with Gasteiger partial charge in [-0.3, -0.25) is 19.3 Å². The molecule has 0 aromatic carbocycles. The largest absolute Gasteiger partial charge is 0.354 e. The lowest BCUT2D eigenvalue weighted by Gasteiger charge is -2.30. The van der Waals surface area contributed by atoms with Gasteiger partial charge in [-0.15, -0.1) is 0 Å². The fourth-order valence-electron chi connectivity index (χ4n) is 3.76. The van der Waals surface area contributed by atoms with Gasteiger partial charge in [-0.2, -0.15) is 0 Å². The Bertz CT molecular complexity index is 556. The Kier molecular flexibility index (Phi) is 4.73. The van der Waals surface area contributed by atoms with E-state index in [0.717, 1.165) is 19.3 Å². The van der Waals surface area contributed by atoms with E-state index >= 15 is 0 Å². The minimum Gasteiger partial charge on any atom is -0.354 e. The minimum atomic E-state index is -0.739. The lowest BCUT2D eigenvalue weighted by atomic mass is 9.82. The van der Waals surface area contributed by atoms with Crippen molar-refractivity contribution < 1.29 is 19.2 Å². The summed E-state index contributed by atoms with van der Waals surface area (Å²) < 4.78 is 0. The molecule has 1 spiro atoms. The predicted octanol–water partition coefficient (Wildman–Crippen LogP) is -0.0203. The molecule has 0 aromatic rings. The maximum atomic E-state index is 12.6. The van der Waals surface area contributed by atoms with Gasteiger partial charge < -0.3 is 15.5 Å². The van der Waals surface area contributed by atoms with Gasteiger partial charge in [-0.05, 0) is 12.8 Å². The van der Waals surface area contributed by atoms with Crippen LogP contribution in [0.25, 0.3) is 0 Å². The van der Waals surface area contributed by atoms with Crippen LogP contribution in [0.3, 0.4) is 0 Å². The number of hydrogen-bond donors (Lipinski definition) is 2. The topological polar surface area (TPSA) is 98.8 Å². The minimum absolute atomic E-state index is 0.0568. The third-order valence-corrected chi connectivity index (χ3v) is 5.17. The Hall–Kier alpha value is -2.12. The van der Waals surface area contributed by atoms with E-state index in [2.05, 4.69) is 10.6 Å². The van der Waals surface area contributed by atoms with E-state index in [1.807, 2.05) is 0 Å². The van der Waals surface area contributed by atoms with Gasteiger partial charge in [-0.25, -0.2) is 4.79 Å². The van der Waals surface area contributed by atoms with E-state index in [1.54, 1.807) is 4.90 Å². The SMILES string of the molecule is O=C1CCN(C(=O)CCN2C(=O)NC3(CCCCC3)C2=O)CCN1. The summed E-state index contributed by atoms with van der Waals surface area (Å²) in [5, 5.41) is 5.56. The Morgan fingerprint density at radius 1 is 1.08 bits per heavy atom. The van der Waals surface area contributed by atoms with Crippen molar-refractivity contribution in [1.82, 2.24) is 20.4 Å². The second-order valence-electron chi connectivity index (χ2n) is 6.76. The third-order valence-electron chi connectivity index (χ3n) is 5.17. The average molecular weight is 336 g/mol. The van der Waals surface area contributed by atoms with Gasteiger partial charge in [0.1, 0.15) is 5.54 Å². The van der Waals surface area contributed by atoms with Crippen molar-refractivity contribution >= 4 is 23.8 Å². The van der Waals surface area contributed by atoms with Crippen molar-refractivity contribution in [1.29, 1.82) is 0 Å². The summed E-state index contributed by atoms with van der Waals surface area (Å²) in [6, 6.07) is -0.387. The van der Waals surface area contributed by atoms with Crippen LogP contribution in [0.5, 0.6) is 0 Å².